The second-order valence-electron chi connectivity index (χ2n) is 6.75. The van der Waals surface area contributed by atoms with E-state index in [1.54, 1.807) is 0 Å². The molecule has 3 rings (SSSR count). The van der Waals surface area contributed by atoms with Gasteiger partial charge in [-0.1, -0.05) is 48.0 Å². The van der Waals surface area contributed by atoms with Gasteiger partial charge in [-0.05, 0) is 37.6 Å². The van der Waals surface area contributed by atoms with Gasteiger partial charge < -0.3 is 9.80 Å². The maximum Gasteiger partial charge on any atom is 0.232 e. The van der Waals surface area contributed by atoms with Gasteiger partial charge in [-0.2, -0.15) is 0 Å². The Hall–Kier alpha value is -2.00. The molecule has 0 spiro atoms. The molecule has 24 heavy (non-hydrogen) atoms. The highest BCUT2D eigenvalue weighted by atomic mass is 35.5. The number of benzene rings is 2. The van der Waals surface area contributed by atoms with Crippen LogP contribution in [0.5, 0.6) is 0 Å². The maximum absolute atomic E-state index is 13.0. The Morgan fingerprint density at radius 3 is 2.25 bits per heavy atom. The molecule has 3 nitrogen and oxygen atoms in total. The van der Waals surface area contributed by atoms with Gasteiger partial charge in [0.05, 0.1) is 5.41 Å². The lowest BCUT2D eigenvalue weighted by Gasteiger charge is -2.39. The lowest BCUT2D eigenvalue weighted by atomic mass is 9.83. The van der Waals surface area contributed by atoms with E-state index in [4.69, 9.17) is 11.6 Å². The van der Waals surface area contributed by atoms with Crippen LogP contribution in [0.2, 0.25) is 5.02 Å². The quantitative estimate of drug-likeness (QED) is 0.842. The lowest BCUT2D eigenvalue weighted by Crippen LogP contribution is -2.53. The van der Waals surface area contributed by atoms with Crippen molar-refractivity contribution in [3.63, 3.8) is 0 Å². The number of hydrogen-bond acceptors (Lipinski definition) is 2. The van der Waals surface area contributed by atoms with Gasteiger partial charge in [-0.3, -0.25) is 4.79 Å². The van der Waals surface area contributed by atoms with E-state index in [1.807, 2.05) is 67.3 Å². The topological polar surface area (TPSA) is 23.6 Å². The third-order valence-corrected chi connectivity index (χ3v) is 5.01. The van der Waals surface area contributed by atoms with Crippen LogP contribution in [0.15, 0.2) is 54.6 Å². The van der Waals surface area contributed by atoms with Crippen LogP contribution in [0.1, 0.15) is 19.4 Å². The molecule has 0 aromatic heterocycles. The van der Waals surface area contributed by atoms with Gasteiger partial charge in [-0.15, -0.1) is 0 Å². The van der Waals surface area contributed by atoms with Crippen molar-refractivity contribution in [1.82, 2.24) is 4.90 Å². The van der Waals surface area contributed by atoms with Crippen molar-refractivity contribution >= 4 is 23.2 Å². The molecule has 0 radical (unpaired) electrons. The Labute approximate surface area is 148 Å². The number of rotatable bonds is 3. The molecule has 1 saturated heterocycles. The Bertz CT molecular complexity index is 707. The number of nitrogens with zero attached hydrogens (tertiary/aromatic N) is 2. The van der Waals surface area contributed by atoms with E-state index in [0.717, 1.165) is 42.5 Å². The molecule has 1 aliphatic heterocycles. The molecule has 2 aromatic carbocycles. The van der Waals surface area contributed by atoms with Crippen molar-refractivity contribution < 1.29 is 4.79 Å². The first-order valence-electron chi connectivity index (χ1n) is 8.34. The molecule has 1 heterocycles. The summed E-state index contributed by atoms with van der Waals surface area (Å²) in [6, 6.07) is 17.9. The van der Waals surface area contributed by atoms with Crippen molar-refractivity contribution in [2.45, 2.75) is 19.3 Å². The number of piperazine rings is 1. The molecule has 0 aliphatic carbocycles. The second kappa shape index (κ2) is 6.86. The number of halogens is 1. The molecule has 1 aliphatic rings. The fraction of sp³-hybridized carbons (Fsp3) is 0.350. The van der Waals surface area contributed by atoms with Crippen LogP contribution in [0, 0.1) is 0 Å². The first kappa shape index (κ1) is 16.8. The summed E-state index contributed by atoms with van der Waals surface area (Å²) < 4.78 is 0. The maximum atomic E-state index is 13.0. The van der Waals surface area contributed by atoms with Crippen LogP contribution in [0.25, 0.3) is 0 Å². The predicted molar refractivity (Wildman–Crippen MR) is 99.7 cm³/mol. The molecular weight excluding hydrogens is 320 g/mol. The van der Waals surface area contributed by atoms with E-state index in [-0.39, 0.29) is 5.91 Å². The van der Waals surface area contributed by atoms with Gasteiger partial charge in [0, 0.05) is 36.9 Å². The third-order valence-electron chi connectivity index (χ3n) is 4.77. The summed E-state index contributed by atoms with van der Waals surface area (Å²) in [7, 11) is 0. The molecule has 4 heteroatoms. The minimum atomic E-state index is -0.501. The molecule has 0 saturated carbocycles. The zero-order valence-corrected chi connectivity index (χ0v) is 15.0. The average Bonchev–Trinajstić information content (AvgIpc) is 2.62. The van der Waals surface area contributed by atoms with E-state index in [2.05, 4.69) is 11.0 Å². The summed E-state index contributed by atoms with van der Waals surface area (Å²) >= 11 is 6.08. The Balaban J connectivity index is 1.67. The highest BCUT2D eigenvalue weighted by Crippen LogP contribution is 2.27. The normalized spacial score (nSPS) is 15.5. The monoisotopic (exact) mass is 342 g/mol. The van der Waals surface area contributed by atoms with E-state index in [0.29, 0.717) is 0 Å². The number of amides is 1. The van der Waals surface area contributed by atoms with Crippen LogP contribution in [0.4, 0.5) is 5.69 Å². The molecule has 126 valence electrons. The number of carbonyl (C=O) groups is 1. The third kappa shape index (κ3) is 3.41. The van der Waals surface area contributed by atoms with E-state index >= 15 is 0 Å². The standard InChI is InChI=1S/C20H23ClN2O/c1-20(2,16-7-4-3-5-8-16)19(24)23-13-11-22(12-14-23)18-10-6-9-17(21)15-18/h3-10,15H,11-14H2,1-2H3. The van der Waals surface area contributed by atoms with E-state index < -0.39 is 5.41 Å². The highest BCUT2D eigenvalue weighted by molar-refractivity contribution is 6.30. The first-order chi connectivity index (χ1) is 11.5. The van der Waals surface area contributed by atoms with Gasteiger partial charge in [0.15, 0.2) is 0 Å². The van der Waals surface area contributed by atoms with Crippen molar-refractivity contribution in [2.75, 3.05) is 31.1 Å². The van der Waals surface area contributed by atoms with Gasteiger partial charge in [-0.25, -0.2) is 0 Å². The van der Waals surface area contributed by atoms with Gasteiger partial charge in [0.1, 0.15) is 0 Å². The Kier molecular flexibility index (Phi) is 4.81. The van der Waals surface area contributed by atoms with Gasteiger partial charge in [0.2, 0.25) is 5.91 Å². The smallest absolute Gasteiger partial charge is 0.232 e. The van der Waals surface area contributed by atoms with Crippen molar-refractivity contribution in [1.29, 1.82) is 0 Å². The fourth-order valence-electron chi connectivity index (χ4n) is 3.21. The first-order valence-corrected chi connectivity index (χ1v) is 8.72. The zero-order valence-electron chi connectivity index (χ0n) is 14.2. The minimum absolute atomic E-state index is 0.194. The summed E-state index contributed by atoms with van der Waals surface area (Å²) in [4.78, 5) is 17.3. The van der Waals surface area contributed by atoms with Crippen LogP contribution >= 0.6 is 11.6 Å². The Morgan fingerprint density at radius 1 is 0.958 bits per heavy atom. The Morgan fingerprint density at radius 2 is 1.62 bits per heavy atom. The van der Waals surface area contributed by atoms with E-state index in [9.17, 15) is 4.79 Å². The molecular formula is C20H23ClN2O. The summed E-state index contributed by atoms with van der Waals surface area (Å²) in [5, 5.41) is 0.746. The van der Waals surface area contributed by atoms with Crippen LogP contribution in [0.3, 0.4) is 0 Å². The average molecular weight is 343 g/mol. The molecule has 2 aromatic rings. The van der Waals surface area contributed by atoms with Gasteiger partial charge in [0.25, 0.3) is 0 Å². The number of carbonyl (C=O) groups excluding carboxylic acids is 1. The van der Waals surface area contributed by atoms with Gasteiger partial charge >= 0.3 is 0 Å². The highest BCUT2D eigenvalue weighted by Gasteiger charge is 2.35. The number of hydrogen-bond donors (Lipinski definition) is 0. The number of anilines is 1. The molecule has 0 atom stereocenters. The lowest BCUT2D eigenvalue weighted by molar-refractivity contribution is -0.136. The summed E-state index contributed by atoms with van der Waals surface area (Å²) in [6.45, 7) is 7.15. The molecule has 1 amide bonds. The van der Waals surface area contributed by atoms with Crippen LogP contribution < -0.4 is 4.90 Å². The minimum Gasteiger partial charge on any atom is -0.368 e. The summed E-state index contributed by atoms with van der Waals surface area (Å²) in [5.41, 5.74) is 1.68. The largest absolute Gasteiger partial charge is 0.368 e. The van der Waals surface area contributed by atoms with E-state index in [1.165, 1.54) is 0 Å². The van der Waals surface area contributed by atoms with Crippen LogP contribution in [-0.4, -0.2) is 37.0 Å². The molecule has 0 bridgehead atoms. The molecule has 0 N–H and O–H groups in total. The zero-order chi connectivity index (χ0) is 17.2. The molecule has 1 fully saturated rings. The predicted octanol–water partition coefficient (Wildman–Crippen LogP) is 3.97. The van der Waals surface area contributed by atoms with Crippen molar-refractivity contribution in [2.24, 2.45) is 0 Å². The van der Waals surface area contributed by atoms with Crippen LogP contribution in [-0.2, 0) is 10.2 Å². The fourth-order valence-corrected chi connectivity index (χ4v) is 3.40. The summed E-state index contributed by atoms with van der Waals surface area (Å²) in [6.07, 6.45) is 0. The van der Waals surface area contributed by atoms with Crippen molar-refractivity contribution in [3.05, 3.63) is 65.2 Å². The summed E-state index contributed by atoms with van der Waals surface area (Å²) in [5.74, 6) is 0.194. The SMILES string of the molecule is CC(C)(C(=O)N1CCN(c2cccc(Cl)c2)CC1)c1ccccc1. The molecule has 0 unspecified atom stereocenters. The second-order valence-corrected chi connectivity index (χ2v) is 7.19. The van der Waals surface area contributed by atoms with Crippen molar-refractivity contribution in [3.8, 4) is 0 Å².